The largest absolute Gasteiger partial charge is 0.398 e. The zero-order valence-electron chi connectivity index (χ0n) is 16.6. The van der Waals surface area contributed by atoms with Gasteiger partial charge < -0.3 is 15.5 Å². The third kappa shape index (κ3) is 4.99. The summed E-state index contributed by atoms with van der Waals surface area (Å²) in [7, 11) is 0. The van der Waals surface area contributed by atoms with Gasteiger partial charge in [0, 0.05) is 23.4 Å². The zero-order chi connectivity index (χ0) is 18.5. The first-order chi connectivity index (χ1) is 12.7. The second-order valence-electron chi connectivity index (χ2n) is 6.85. The molecule has 1 atom stereocenters. The highest BCUT2D eigenvalue weighted by atomic mass is 35.5. The molecule has 0 aromatic heterocycles. The van der Waals surface area contributed by atoms with Crippen LogP contribution in [0.4, 0.5) is 5.69 Å². The van der Waals surface area contributed by atoms with Crippen LogP contribution < -0.4 is 5.73 Å². The third-order valence-corrected chi connectivity index (χ3v) is 5.37. The first-order valence-corrected chi connectivity index (χ1v) is 9.64. The summed E-state index contributed by atoms with van der Waals surface area (Å²) in [5, 5.41) is 0. The van der Waals surface area contributed by atoms with Gasteiger partial charge in [-0.3, -0.25) is 4.79 Å². The van der Waals surface area contributed by atoms with E-state index < -0.39 is 0 Å². The monoisotopic (exact) mass is 423 g/mol. The first-order valence-electron chi connectivity index (χ1n) is 9.64. The van der Waals surface area contributed by atoms with Crippen molar-refractivity contribution >= 4 is 36.4 Å². The van der Waals surface area contributed by atoms with E-state index in [2.05, 4.69) is 24.8 Å². The molecule has 6 heteroatoms. The number of nitrogen functional groups attached to an aromatic ring is 1. The predicted molar refractivity (Wildman–Crippen MR) is 122 cm³/mol. The fourth-order valence-corrected chi connectivity index (χ4v) is 3.85. The van der Waals surface area contributed by atoms with Crippen LogP contribution in [0.2, 0.25) is 0 Å². The van der Waals surface area contributed by atoms with Crippen LogP contribution in [0.3, 0.4) is 0 Å². The lowest BCUT2D eigenvalue weighted by molar-refractivity contribution is 0.0745. The molecule has 1 aliphatic rings. The number of unbranched alkanes of at least 4 members (excludes halogenated alkanes) is 1. The molecule has 1 amide bonds. The molecule has 154 valence electrons. The van der Waals surface area contributed by atoms with E-state index in [-0.39, 0.29) is 36.8 Å². The van der Waals surface area contributed by atoms with E-state index in [1.54, 1.807) is 0 Å². The van der Waals surface area contributed by atoms with Crippen LogP contribution >= 0.6 is 24.8 Å². The highest BCUT2D eigenvalue weighted by Gasteiger charge is 2.37. The lowest BCUT2D eigenvalue weighted by Gasteiger charge is -2.27. The summed E-state index contributed by atoms with van der Waals surface area (Å²) < 4.78 is 0. The number of nitrogens with zero attached hydrogens (tertiary/aromatic N) is 2. The lowest BCUT2D eigenvalue weighted by atomic mass is 9.96. The smallest absolute Gasteiger partial charge is 0.255 e. The number of halogens is 2. The van der Waals surface area contributed by atoms with Crippen molar-refractivity contribution in [3.05, 3.63) is 65.2 Å². The fourth-order valence-electron chi connectivity index (χ4n) is 3.85. The van der Waals surface area contributed by atoms with Crippen LogP contribution in [0.5, 0.6) is 0 Å². The Bertz CT molecular complexity index is 765. The maximum absolute atomic E-state index is 13.0. The minimum Gasteiger partial charge on any atom is -0.398 e. The molecule has 0 saturated carbocycles. The van der Waals surface area contributed by atoms with E-state index in [1.807, 2.05) is 47.4 Å². The van der Waals surface area contributed by atoms with Gasteiger partial charge in [-0.05, 0) is 50.2 Å². The van der Waals surface area contributed by atoms with Gasteiger partial charge in [0.2, 0.25) is 0 Å². The zero-order valence-corrected chi connectivity index (χ0v) is 18.3. The molecule has 0 saturated heterocycles. The predicted octanol–water partition coefficient (Wildman–Crippen LogP) is 4.78. The van der Waals surface area contributed by atoms with Crippen molar-refractivity contribution in [3.8, 4) is 0 Å². The number of fused-ring (bicyclic) bond motifs is 1. The Hall–Kier alpha value is -1.75. The van der Waals surface area contributed by atoms with Crippen LogP contribution in [0, 0.1) is 0 Å². The average molecular weight is 424 g/mol. The number of carbonyl (C=O) groups is 1. The molecule has 0 spiro atoms. The van der Waals surface area contributed by atoms with E-state index in [0.717, 1.165) is 61.4 Å². The van der Waals surface area contributed by atoms with Crippen LogP contribution in [0.15, 0.2) is 48.5 Å². The Morgan fingerprint density at radius 1 is 0.929 bits per heavy atom. The van der Waals surface area contributed by atoms with E-state index in [0.29, 0.717) is 0 Å². The van der Waals surface area contributed by atoms with Crippen LogP contribution in [0.1, 0.15) is 54.2 Å². The van der Waals surface area contributed by atoms with Crippen molar-refractivity contribution < 1.29 is 4.79 Å². The summed E-state index contributed by atoms with van der Waals surface area (Å²) in [6.45, 7) is 8.38. The summed E-state index contributed by atoms with van der Waals surface area (Å²) in [6.07, 6.45) is 2.10. The molecule has 0 bridgehead atoms. The fraction of sp³-hybridized carbons (Fsp3) is 0.409. The number of hydrogen-bond donors (Lipinski definition) is 1. The quantitative estimate of drug-likeness (QED) is 0.490. The molecule has 1 heterocycles. The highest BCUT2D eigenvalue weighted by molar-refractivity contribution is 6.00. The molecule has 4 nitrogen and oxygen atoms in total. The van der Waals surface area contributed by atoms with Crippen molar-refractivity contribution in [2.75, 3.05) is 31.9 Å². The Balaban J connectivity index is 0.00000196. The summed E-state index contributed by atoms with van der Waals surface area (Å²) in [5.74, 6) is 0.122. The van der Waals surface area contributed by atoms with Crippen molar-refractivity contribution in [3.63, 3.8) is 0 Å². The molecular formula is C22H31Cl2N3O. The molecule has 3 rings (SSSR count). The topological polar surface area (TPSA) is 49.6 Å². The summed E-state index contributed by atoms with van der Waals surface area (Å²) in [6, 6.07) is 15.7. The number of benzene rings is 2. The molecule has 2 N–H and O–H groups in total. The van der Waals surface area contributed by atoms with Crippen LogP contribution in [-0.2, 0) is 0 Å². The van der Waals surface area contributed by atoms with E-state index in [1.165, 1.54) is 0 Å². The maximum atomic E-state index is 13.0. The average Bonchev–Trinajstić information content (AvgIpc) is 2.95. The Kier molecular flexibility index (Phi) is 9.80. The second kappa shape index (κ2) is 11.3. The van der Waals surface area contributed by atoms with Gasteiger partial charge >= 0.3 is 0 Å². The van der Waals surface area contributed by atoms with Gasteiger partial charge in [-0.2, -0.15) is 0 Å². The Morgan fingerprint density at radius 2 is 1.54 bits per heavy atom. The Morgan fingerprint density at radius 3 is 2.18 bits per heavy atom. The molecule has 0 radical (unpaired) electrons. The van der Waals surface area contributed by atoms with E-state index in [4.69, 9.17) is 5.73 Å². The van der Waals surface area contributed by atoms with Gasteiger partial charge in [-0.25, -0.2) is 0 Å². The van der Waals surface area contributed by atoms with E-state index in [9.17, 15) is 4.79 Å². The van der Waals surface area contributed by atoms with Crippen molar-refractivity contribution in [2.45, 2.75) is 32.7 Å². The van der Waals surface area contributed by atoms with Gasteiger partial charge in [-0.1, -0.05) is 50.2 Å². The minimum atomic E-state index is -0.0756. The van der Waals surface area contributed by atoms with Crippen molar-refractivity contribution in [1.82, 2.24) is 9.80 Å². The number of amides is 1. The van der Waals surface area contributed by atoms with Gasteiger partial charge in [0.15, 0.2) is 0 Å². The summed E-state index contributed by atoms with van der Waals surface area (Å²) in [4.78, 5) is 17.4. The van der Waals surface area contributed by atoms with Gasteiger partial charge in [-0.15, -0.1) is 24.8 Å². The molecule has 2 aromatic rings. The van der Waals surface area contributed by atoms with Crippen LogP contribution in [0.25, 0.3) is 0 Å². The number of rotatable bonds is 8. The third-order valence-electron chi connectivity index (χ3n) is 5.37. The first kappa shape index (κ1) is 24.3. The molecule has 0 fully saturated rings. The molecule has 28 heavy (non-hydrogen) atoms. The number of nitrogens with two attached hydrogens (primary N) is 1. The number of para-hydroxylation sites is 1. The van der Waals surface area contributed by atoms with E-state index >= 15 is 0 Å². The number of hydrogen-bond acceptors (Lipinski definition) is 3. The minimum absolute atomic E-state index is 0. The standard InChI is InChI=1S/C22H29N3O.2ClH/c1-3-24(4-2)15-9-10-16-25-21(19-13-7-8-14-20(19)23)17-11-5-6-12-18(17)22(25)26;;/h5-8,11-14,21H,3-4,9-10,15-16,23H2,1-2H3;2*1H. The van der Waals surface area contributed by atoms with Gasteiger partial charge in [0.25, 0.3) is 5.91 Å². The SMILES string of the molecule is CCN(CC)CCCCN1C(=O)c2ccccc2C1c1ccccc1N.Cl.Cl. The lowest BCUT2D eigenvalue weighted by Crippen LogP contribution is -2.31. The normalized spacial score (nSPS) is 15.2. The highest BCUT2D eigenvalue weighted by Crippen LogP contribution is 2.40. The maximum Gasteiger partial charge on any atom is 0.255 e. The van der Waals surface area contributed by atoms with Gasteiger partial charge in [0.1, 0.15) is 0 Å². The van der Waals surface area contributed by atoms with Gasteiger partial charge in [0.05, 0.1) is 6.04 Å². The van der Waals surface area contributed by atoms with Crippen molar-refractivity contribution in [1.29, 1.82) is 0 Å². The molecule has 0 aliphatic carbocycles. The molecule has 1 aliphatic heterocycles. The molecular weight excluding hydrogens is 393 g/mol. The summed E-state index contributed by atoms with van der Waals surface area (Å²) >= 11 is 0. The second-order valence-corrected chi connectivity index (χ2v) is 6.85. The number of anilines is 1. The number of carbonyl (C=O) groups excluding carboxylic acids is 1. The molecule has 1 unspecified atom stereocenters. The summed E-state index contributed by atoms with van der Waals surface area (Å²) in [5.41, 5.74) is 9.90. The van der Waals surface area contributed by atoms with Crippen LogP contribution in [-0.4, -0.2) is 41.9 Å². The molecule has 2 aromatic carbocycles. The van der Waals surface area contributed by atoms with Crippen molar-refractivity contribution in [2.24, 2.45) is 0 Å². The Labute approximate surface area is 180 Å².